The van der Waals surface area contributed by atoms with Gasteiger partial charge < -0.3 is 21.3 Å². The molecule has 0 saturated heterocycles. The van der Waals surface area contributed by atoms with E-state index in [1.54, 1.807) is 0 Å². The third-order valence-corrected chi connectivity index (χ3v) is 8.17. The second-order valence-corrected chi connectivity index (χ2v) is 10.7. The first-order chi connectivity index (χ1) is 18.3. The number of fused-ring (bicyclic) bond motifs is 1. The first-order valence-corrected chi connectivity index (χ1v) is 12.8. The van der Waals surface area contributed by atoms with E-state index in [1.165, 1.54) is 0 Å². The Balaban J connectivity index is 2.13. The maximum absolute atomic E-state index is 13.6. The van der Waals surface area contributed by atoms with E-state index in [0.717, 1.165) is 24.3 Å². The van der Waals surface area contributed by atoms with Crippen LogP contribution in [-0.2, 0) is 31.6 Å². The fraction of sp³-hybridized carbons (Fsp3) is 0.391. The average Bonchev–Trinajstić information content (AvgIpc) is 2.84. The van der Waals surface area contributed by atoms with Gasteiger partial charge in [0.25, 0.3) is 15.6 Å². The van der Waals surface area contributed by atoms with Crippen molar-refractivity contribution < 1.29 is 59.0 Å². The van der Waals surface area contributed by atoms with E-state index in [9.17, 15) is 59.0 Å². The highest BCUT2D eigenvalue weighted by molar-refractivity contribution is 7.92. The predicted molar refractivity (Wildman–Crippen MR) is 123 cm³/mol. The molecule has 17 heteroatoms. The molecule has 0 fully saturated rings. The van der Waals surface area contributed by atoms with E-state index in [-0.39, 0.29) is 24.5 Å². The van der Waals surface area contributed by atoms with Crippen LogP contribution in [0.2, 0.25) is 0 Å². The highest BCUT2D eigenvalue weighted by Crippen LogP contribution is 2.51. The van der Waals surface area contributed by atoms with Crippen molar-refractivity contribution in [1.82, 2.24) is 5.32 Å². The molecule has 3 rings (SSSR count). The summed E-state index contributed by atoms with van der Waals surface area (Å²) in [5, 5.41) is 21.1. The molecule has 1 aliphatic heterocycles. The molecule has 0 aromatic heterocycles. The lowest BCUT2D eigenvalue weighted by Gasteiger charge is -2.39. The number of sulfonamides is 1. The molecular weight excluding hydrogens is 579 g/mol. The number of alkyl halides is 6. The van der Waals surface area contributed by atoms with E-state index >= 15 is 0 Å². The number of primary amides is 1. The summed E-state index contributed by atoms with van der Waals surface area (Å²) in [7, 11) is -4.70. The number of aliphatic hydroxyl groups is 2. The van der Waals surface area contributed by atoms with Gasteiger partial charge in [0.2, 0.25) is 11.8 Å². The van der Waals surface area contributed by atoms with Crippen LogP contribution in [0.3, 0.4) is 0 Å². The SMILES string of the molecule is NC(=O)[C@H](CO)NC(=O)C[C@@H]1CCc2cc(C(O)(C(F)(F)F)C(F)(F)F)ccc2N1S(=O)(=O)c1ccc(F)cc1. The molecule has 1 heterocycles. The van der Waals surface area contributed by atoms with Crippen molar-refractivity contribution in [3.05, 3.63) is 59.4 Å². The van der Waals surface area contributed by atoms with Crippen molar-refractivity contribution in [2.75, 3.05) is 10.9 Å². The summed E-state index contributed by atoms with van der Waals surface area (Å²) < 4.78 is 122. The molecule has 0 aliphatic carbocycles. The third kappa shape index (κ3) is 5.71. The van der Waals surface area contributed by atoms with Crippen LogP contribution in [0.4, 0.5) is 36.4 Å². The van der Waals surface area contributed by atoms with E-state index in [1.807, 2.05) is 0 Å². The number of aliphatic hydroxyl groups excluding tert-OH is 1. The zero-order valence-electron chi connectivity index (χ0n) is 20.1. The van der Waals surface area contributed by atoms with Crippen molar-refractivity contribution in [2.45, 2.75) is 54.2 Å². The van der Waals surface area contributed by atoms with Crippen molar-refractivity contribution in [1.29, 1.82) is 0 Å². The number of hydrogen-bond donors (Lipinski definition) is 4. The number of rotatable bonds is 8. The van der Waals surface area contributed by atoms with Gasteiger partial charge in [0, 0.05) is 12.0 Å². The number of benzene rings is 2. The second kappa shape index (κ2) is 10.9. The fourth-order valence-electron chi connectivity index (χ4n) is 4.25. The fourth-order valence-corrected chi connectivity index (χ4v) is 5.97. The normalized spacial score (nSPS) is 17.2. The predicted octanol–water partition coefficient (Wildman–Crippen LogP) is 2.00. The van der Waals surface area contributed by atoms with Gasteiger partial charge in [-0.15, -0.1) is 0 Å². The molecule has 2 aromatic carbocycles. The van der Waals surface area contributed by atoms with Gasteiger partial charge in [0.05, 0.1) is 23.2 Å². The summed E-state index contributed by atoms with van der Waals surface area (Å²) in [5.41, 5.74) is -2.52. The molecule has 1 aliphatic rings. The van der Waals surface area contributed by atoms with E-state index < -0.39 is 86.9 Å². The maximum Gasteiger partial charge on any atom is 0.430 e. The minimum Gasteiger partial charge on any atom is -0.394 e. The molecule has 0 unspecified atom stereocenters. The highest BCUT2D eigenvalue weighted by Gasteiger charge is 2.71. The van der Waals surface area contributed by atoms with Gasteiger partial charge in [-0.2, -0.15) is 26.3 Å². The van der Waals surface area contributed by atoms with Gasteiger partial charge in [0.1, 0.15) is 11.9 Å². The van der Waals surface area contributed by atoms with Crippen molar-refractivity contribution in [2.24, 2.45) is 5.73 Å². The van der Waals surface area contributed by atoms with Gasteiger partial charge >= 0.3 is 12.4 Å². The molecular formula is C23H22F7N3O6S. The molecule has 9 nitrogen and oxygen atoms in total. The molecule has 2 amide bonds. The molecule has 40 heavy (non-hydrogen) atoms. The summed E-state index contributed by atoms with van der Waals surface area (Å²) in [6.45, 7) is -0.879. The van der Waals surface area contributed by atoms with Crippen LogP contribution in [0.1, 0.15) is 24.0 Å². The van der Waals surface area contributed by atoms with Crippen LogP contribution < -0.4 is 15.4 Å². The smallest absolute Gasteiger partial charge is 0.394 e. The molecule has 0 saturated carbocycles. The Bertz CT molecular complexity index is 1370. The summed E-state index contributed by atoms with van der Waals surface area (Å²) in [6.07, 6.45) is -13.7. The van der Waals surface area contributed by atoms with Crippen LogP contribution in [0.25, 0.3) is 0 Å². The Labute approximate surface area is 222 Å². The van der Waals surface area contributed by atoms with Crippen LogP contribution in [0.15, 0.2) is 47.4 Å². The molecule has 0 bridgehead atoms. The van der Waals surface area contributed by atoms with Gasteiger partial charge in [-0.1, -0.05) is 12.1 Å². The number of aryl methyl sites for hydroxylation is 1. The number of halogens is 7. The summed E-state index contributed by atoms with van der Waals surface area (Å²) in [6, 6.07) is 1.82. The first kappa shape index (κ1) is 31.1. The lowest BCUT2D eigenvalue weighted by atomic mass is 9.87. The Morgan fingerprint density at radius 1 is 1.05 bits per heavy atom. The number of nitrogens with zero attached hydrogens (tertiary/aromatic N) is 1. The minimum atomic E-state index is -6.18. The van der Waals surface area contributed by atoms with Crippen molar-refractivity contribution in [3.63, 3.8) is 0 Å². The quantitative estimate of drug-likeness (QED) is 0.340. The molecule has 0 radical (unpaired) electrons. The van der Waals surface area contributed by atoms with Crippen molar-refractivity contribution >= 4 is 27.5 Å². The number of nitrogens with one attached hydrogen (secondary N) is 1. The van der Waals surface area contributed by atoms with Gasteiger partial charge in [-0.3, -0.25) is 13.9 Å². The minimum absolute atomic E-state index is 0.268. The van der Waals surface area contributed by atoms with Gasteiger partial charge in [-0.05, 0) is 48.7 Å². The Morgan fingerprint density at radius 3 is 2.12 bits per heavy atom. The molecule has 0 spiro atoms. The highest BCUT2D eigenvalue weighted by atomic mass is 32.2. The zero-order valence-corrected chi connectivity index (χ0v) is 20.9. The first-order valence-electron chi connectivity index (χ1n) is 11.3. The molecule has 220 valence electrons. The number of nitrogens with two attached hydrogens (primary N) is 1. The third-order valence-electron chi connectivity index (χ3n) is 6.29. The molecule has 5 N–H and O–H groups in total. The lowest BCUT2D eigenvalue weighted by molar-refractivity contribution is -0.376. The average molecular weight is 601 g/mol. The van der Waals surface area contributed by atoms with Crippen LogP contribution in [0, 0.1) is 5.82 Å². The molecule has 2 atom stereocenters. The monoisotopic (exact) mass is 601 g/mol. The zero-order chi connectivity index (χ0) is 30.3. The Hall–Kier alpha value is -3.44. The van der Waals surface area contributed by atoms with E-state index in [4.69, 9.17) is 5.73 Å². The van der Waals surface area contributed by atoms with Crippen molar-refractivity contribution in [3.8, 4) is 0 Å². The lowest BCUT2D eigenvalue weighted by Crippen LogP contribution is -2.54. The number of carbonyl (C=O) groups is 2. The summed E-state index contributed by atoms with van der Waals surface area (Å²) >= 11 is 0. The number of anilines is 1. The van der Waals surface area contributed by atoms with Crippen LogP contribution >= 0.6 is 0 Å². The van der Waals surface area contributed by atoms with E-state index in [0.29, 0.717) is 16.4 Å². The number of amides is 2. The summed E-state index contributed by atoms with van der Waals surface area (Å²) in [4.78, 5) is 23.4. The van der Waals surface area contributed by atoms with E-state index in [2.05, 4.69) is 5.32 Å². The van der Waals surface area contributed by atoms with Gasteiger partial charge in [-0.25, -0.2) is 12.8 Å². The van der Waals surface area contributed by atoms with Crippen LogP contribution in [0.5, 0.6) is 0 Å². The van der Waals surface area contributed by atoms with Crippen LogP contribution in [-0.4, -0.2) is 61.5 Å². The topological polar surface area (TPSA) is 150 Å². The standard InChI is InChI=1S/C23H22F7N3O6S/c24-14-3-6-16(7-4-14)40(38,39)33-15(10-19(35)32-17(11-34)20(31)36)5-1-12-9-13(2-8-18(12)33)21(37,22(25,26)27)23(28,29)30/h2-4,6-9,15,17,34,37H,1,5,10-11H2,(H2,31,36)(H,32,35)/t15-,17-/m0/s1. The Kier molecular flexibility index (Phi) is 8.44. The summed E-state index contributed by atoms with van der Waals surface area (Å²) in [5.74, 6) is -2.86. The number of hydrogen-bond acceptors (Lipinski definition) is 6. The van der Waals surface area contributed by atoms with Gasteiger partial charge in [0.15, 0.2) is 0 Å². The second-order valence-electron chi connectivity index (χ2n) is 8.91. The largest absolute Gasteiger partial charge is 0.430 e. The Morgan fingerprint density at radius 2 is 1.62 bits per heavy atom. The maximum atomic E-state index is 13.6. The molecule has 2 aromatic rings. The number of carbonyl (C=O) groups excluding carboxylic acids is 2.